The number of sulfone groups is 1. The normalized spacial score (nSPS) is 17.7. The number of aromatic amines is 1. The molecule has 2 aliphatic heterocycles. The molecule has 3 aromatic carbocycles. The molecule has 2 fully saturated rings. The number of piperazine rings is 1. The molecular weight excluding hydrogens is 918 g/mol. The molecule has 0 unspecified atom stereocenters. The quantitative estimate of drug-likeness (QED) is 0.0329. The number of ketones is 1. The number of hydrogen-bond acceptors (Lipinski definition) is 12. The number of halogens is 1. The van der Waals surface area contributed by atoms with Crippen molar-refractivity contribution in [3.05, 3.63) is 117 Å². The van der Waals surface area contributed by atoms with Gasteiger partial charge in [-0.1, -0.05) is 43.2 Å². The molecule has 0 radical (unpaired) electrons. The predicted octanol–water partition coefficient (Wildman–Crippen LogP) is 10.1. The van der Waals surface area contributed by atoms with Gasteiger partial charge in [0.2, 0.25) is 0 Å². The molecule has 0 bridgehead atoms. The Morgan fingerprint density at radius 3 is 2.47 bits per heavy atom. The van der Waals surface area contributed by atoms with Gasteiger partial charge in [-0.2, -0.15) is 0 Å². The van der Waals surface area contributed by atoms with Gasteiger partial charge >= 0.3 is 0 Å². The van der Waals surface area contributed by atoms with Crippen molar-refractivity contribution in [1.29, 1.82) is 0 Å². The number of nitro groups is 1. The standard InChI is InChI=1S/C51H64ClN7O7SSi/c1-51(2)18-14-39(45(31-51)37-6-8-40(52)9-7-37)34-57-23-25-58(26-24-57)41-10-12-44(49(29-41)66-42-28-38-15-19-53-50(38)55-33-42)48(60)35-67(63,64)43-11-13-46(47(30-43)59(61)62)54-32-36-16-21-56(22-17-36)20-5-27-68(3,4)65/h6-13,15,19,28-30,33,36,54,65H,5,14,16-18,20-27,31-32,34-35H2,1-4H3,(H,53,55). The maximum Gasteiger partial charge on any atom is 0.293 e. The fourth-order valence-corrected chi connectivity index (χ4v) is 12.1. The molecule has 0 atom stereocenters. The predicted molar refractivity (Wildman–Crippen MR) is 274 cm³/mol. The average Bonchev–Trinajstić information content (AvgIpc) is 3.77. The Labute approximate surface area is 405 Å². The summed E-state index contributed by atoms with van der Waals surface area (Å²) in [7, 11) is -6.39. The van der Waals surface area contributed by atoms with E-state index in [0.29, 0.717) is 23.9 Å². The first-order valence-corrected chi connectivity index (χ1v) is 29.0. The number of fused-ring (bicyclic) bond motifs is 1. The molecule has 5 aromatic rings. The molecule has 0 saturated carbocycles. The van der Waals surface area contributed by atoms with Crippen LogP contribution in [0.25, 0.3) is 16.6 Å². The maximum atomic E-state index is 14.1. The molecule has 8 rings (SSSR count). The van der Waals surface area contributed by atoms with Crippen molar-refractivity contribution in [3.8, 4) is 11.5 Å². The number of likely N-dealkylation sites (tertiary alicyclic amines) is 1. The molecule has 0 amide bonds. The molecule has 14 nitrogen and oxygen atoms in total. The minimum Gasteiger partial charge on any atom is -0.455 e. The number of carbonyl (C=O) groups excluding carboxylic acids is 1. The number of Topliss-reactive ketones (excluding diaryl/α,β-unsaturated/α-hetero) is 1. The fourth-order valence-electron chi connectivity index (χ4n) is 9.77. The maximum absolute atomic E-state index is 14.1. The van der Waals surface area contributed by atoms with Crippen LogP contribution in [0.15, 0.2) is 95.7 Å². The second kappa shape index (κ2) is 20.9. The number of carbonyl (C=O) groups is 1. The SMILES string of the molecule is CC1(C)CCC(CN2CCN(c3ccc(C(=O)CS(=O)(=O)c4ccc(NCC5CCN(CCC[Si](C)(C)O)CC5)c([N+](=O)[O-])c4)c(Oc4cnc5[nH]ccc5c4)c3)CC2)=C(c2ccc(Cl)cc2)C1. The van der Waals surface area contributed by atoms with Crippen LogP contribution >= 0.6 is 11.6 Å². The first-order chi connectivity index (χ1) is 32.4. The zero-order valence-corrected chi connectivity index (χ0v) is 42.2. The Balaban J connectivity index is 0.951. The van der Waals surface area contributed by atoms with E-state index in [9.17, 15) is 28.1 Å². The number of pyridine rings is 1. The summed E-state index contributed by atoms with van der Waals surface area (Å²) in [6.45, 7) is 15.9. The van der Waals surface area contributed by atoms with Crippen molar-refractivity contribution in [2.45, 2.75) is 76.4 Å². The largest absolute Gasteiger partial charge is 0.455 e. The number of H-pyrrole nitrogens is 1. The molecular formula is C51H64ClN7O7SSi. The van der Waals surface area contributed by atoms with Crippen molar-refractivity contribution in [2.75, 3.05) is 74.9 Å². The second-order valence-corrected chi connectivity index (χ2v) is 26.8. The van der Waals surface area contributed by atoms with Crippen LogP contribution in [-0.2, 0) is 9.84 Å². The number of hydrogen-bond donors (Lipinski definition) is 3. The summed E-state index contributed by atoms with van der Waals surface area (Å²) < 4.78 is 34.3. The van der Waals surface area contributed by atoms with Gasteiger partial charge in [-0.3, -0.25) is 19.8 Å². The number of aromatic nitrogens is 2. The Hall–Kier alpha value is -5.10. The highest BCUT2D eigenvalue weighted by atomic mass is 35.5. The third-order valence-electron chi connectivity index (χ3n) is 13.8. The number of allylic oxidation sites excluding steroid dienone is 1. The van der Waals surface area contributed by atoms with Gasteiger partial charge in [-0.15, -0.1) is 0 Å². The third kappa shape index (κ3) is 12.6. The lowest BCUT2D eigenvalue weighted by Crippen LogP contribution is -2.47. The number of ether oxygens (including phenoxy) is 1. The molecule has 1 aliphatic carbocycles. The molecule has 17 heteroatoms. The summed E-state index contributed by atoms with van der Waals surface area (Å²) in [5.41, 5.74) is 5.80. The Morgan fingerprint density at radius 2 is 1.75 bits per heavy atom. The third-order valence-corrected chi connectivity index (χ3v) is 17.2. The van der Waals surface area contributed by atoms with Crippen LogP contribution in [0, 0.1) is 21.4 Å². The van der Waals surface area contributed by atoms with Crippen LogP contribution in [0.3, 0.4) is 0 Å². The highest BCUT2D eigenvalue weighted by Crippen LogP contribution is 2.44. The minimum atomic E-state index is -4.33. The monoisotopic (exact) mass is 981 g/mol. The summed E-state index contributed by atoms with van der Waals surface area (Å²) in [5, 5.41) is 17.1. The van der Waals surface area contributed by atoms with Crippen molar-refractivity contribution in [2.24, 2.45) is 11.3 Å². The van der Waals surface area contributed by atoms with E-state index in [4.69, 9.17) is 16.3 Å². The summed E-state index contributed by atoms with van der Waals surface area (Å²) in [4.78, 5) is 50.4. The van der Waals surface area contributed by atoms with E-state index in [1.807, 2.05) is 37.4 Å². The van der Waals surface area contributed by atoms with Gasteiger partial charge in [-0.25, -0.2) is 13.4 Å². The van der Waals surface area contributed by atoms with Crippen LogP contribution in [0.2, 0.25) is 24.2 Å². The van der Waals surface area contributed by atoms with Crippen LogP contribution < -0.4 is 15.0 Å². The van der Waals surface area contributed by atoms with Gasteiger partial charge in [0.25, 0.3) is 5.69 Å². The van der Waals surface area contributed by atoms with Crippen LogP contribution in [-0.4, -0.2) is 117 Å². The molecule has 0 spiro atoms. The lowest BCUT2D eigenvalue weighted by Gasteiger charge is -2.39. The minimum absolute atomic E-state index is 0.0740. The summed E-state index contributed by atoms with van der Waals surface area (Å²) in [5.74, 6) is -0.746. The molecule has 4 heterocycles. The lowest BCUT2D eigenvalue weighted by atomic mass is 9.72. The van der Waals surface area contributed by atoms with E-state index >= 15 is 0 Å². The van der Waals surface area contributed by atoms with Crippen LogP contribution in [0.5, 0.6) is 11.5 Å². The summed E-state index contributed by atoms with van der Waals surface area (Å²) in [6, 6.07) is 21.7. The van der Waals surface area contributed by atoms with Crippen molar-refractivity contribution in [1.82, 2.24) is 19.8 Å². The molecule has 2 saturated heterocycles. The Bertz CT molecular complexity index is 2760. The molecule has 68 heavy (non-hydrogen) atoms. The van der Waals surface area contributed by atoms with E-state index in [-0.39, 0.29) is 33.0 Å². The molecule has 362 valence electrons. The van der Waals surface area contributed by atoms with Gasteiger partial charge < -0.3 is 29.6 Å². The van der Waals surface area contributed by atoms with Gasteiger partial charge in [0.05, 0.1) is 21.6 Å². The van der Waals surface area contributed by atoms with Crippen LogP contribution in [0.4, 0.5) is 17.1 Å². The molecule has 3 aliphatic rings. The van der Waals surface area contributed by atoms with E-state index in [1.165, 1.54) is 28.8 Å². The lowest BCUT2D eigenvalue weighted by molar-refractivity contribution is -0.384. The zero-order chi connectivity index (χ0) is 48.2. The number of piperidine rings is 1. The first-order valence-electron chi connectivity index (χ1n) is 23.8. The van der Waals surface area contributed by atoms with E-state index < -0.39 is 34.6 Å². The number of nitrogens with one attached hydrogen (secondary N) is 2. The first kappa shape index (κ1) is 49.3. The number of rotatable bonds is 18. The van der Waals surface area contributed by atoms with Gasteiger partial charge in [-0.05, 0) is 148 Å². The Morgan fingerprint density at radius 1 is 1.00 bits per heavy atom. The van der Waals surface area contributed by atoms with Crippen LogP contribution in [0.1, 0.15) is 68.3 Å². The number of anilines is 2. The number of nitro benzene ring substituents is 1. The summed E-state index contributed by atoms with van der Waals surface area (Å²) in [6.07, 6.45) is 9.36. The molecule has 3 N–H and O–H groups in total. The highest BCUT2D eigenvalue weighted by Gasteiger charge is 2.31. The second-order valence-electron chi connectivity index (χ2n) is 20.3. The Kier molecular flexibility index (Phi) is 15.1. The number of nitrogens with zero attached hydrogens (tertiary/aromatic N) is 5. The summed E-state index contributed by atoms with van der Waals surface area (Å²) >= 11 is 6.26. The van der Waals surface area contributed by atoms with E-state index in [0.717, 1.165) is 119 Å². The topological polar surface area (TPSA) is 174 Å². The van der Waals surface area contributed by atoms with Crippen molar-refractivity contribution < 1.29 is 27.7 Å². The van der Waals surface area contributed by atoms with E-state index in [2.05, 4.69) is 56.0 Å². The molecule has 2 aromatic heterocycles. The zero-order valence-electron chi connectivity index (χ0n) is 39.6. The number of benzene rings is 3. The van der Waals surface area contributed by atoms with Gasteiger partial charge in [0, 0.05) is 73.7 Å². The van der Waals surface area contributed by atoms with Crippen molar-refractivity contribution >= 4 is 69.2 Å². The van der Waals surface area contributed by atoms with E-state index in [1.54, 1.807) is 30.6 Å². The van der Waals surface area contributed by atoms with Crippen molar-refractivity contribution in [3.63, 3.8) is 0 Å². The smallest absolute Gasteiger partial charge is 0.293 e. The fraction of sp³-hybridized carbons (Fsp3) is 0.451. The van der Waals surface area contributed by atoms with Gasteiger partial charge in [0.1, 0.15) is 28.6 Å². The average molecular weight is 983 g/mol. The highest BCUT2D eigenvalue weighted by molar-refractivity contribution is 7.92. The van der Waals surface area contributed by atoms with Gasteiger partial charge in [0.15, 0.2) is 23.9 Å².